The van der Waals surface area contributed by atoms with Gasteiger partial charge in [-0.1, -0.05) is 19.1 Å². The molecule has 0 atom stereocenters. The highest BCUT2D eigenvalue weighted by atomic mass is 32.2. The van der Waals surface area contributed by atoms with Crippen molar-refractivity contribution in [3.05, 3.63) is 59.9 Å². The maximum Gasteiger partial charge on any atom is 0.321 e. The average molecular weight is 394 g/mol. The molecule has 0 saturated carbocycles. The van der Waals surface area contributed by atoms with Gasteiger partial charge in [-0.05, 0) is 48.4 Å². The Morgan fingerprint density at radius 1 is 1.04 bits per heavy atom. The van der Waals surface area contributed by atoms with Crippen LogP contribution in [0.3, 0.4) is 0 Å². The van der Waals surface area contributed by atoms with Gasteiger partial charge in [-0.25, -0.2) is 12.8 Å². The number of halogens is 1. The molecule has 0 heterocycles. The Morgan fingerprint density at radius 3 is 2.26 bits per heavy atom. The zero-order valence-corrected chi connectivity index (χ0v) is 15.4. The van der Waals surface area contributed by atoms with Crippen molar-refractivity contribution in [2.45, 2.75) is 18.2 Å². The summed E-state index contributed by atoms with van der Waals surface area (Å²) in [4.78, 5) is 23.2. The second kappa shape index (κ2) is 9.24. The zero-order valence-electron chi connectivity index (χ0n) is 14.6. The van der Waals surface area contributed by atoms with E-state index in [9.17, 15) is 22.4 Å². The standard InChI is InChI=1S/C18H19FN2O5S/c1-2-13-3-7-15(8-4-13)21-17(22)12-26-18(23)11-20-27(24,25)16-9-5-14(19)6-10-16/h3-10,20H,2,11-12H2,1H3,(H,21,22). The second-order valence-electron chi connectivity index (χ2n) is 5.54. The fourth-order valence-corrected chi connectivity index (χ4v) is 3.04. The molecular formula is C18H19FN2O5S. The number of sulfonamides is 1. The van der Waals surface area contributed by atoms with Crippen molar-refractivity contribution in [3.8, 4) is 0 Å². The van der Waals surface area contributed by atoms with Crippen LogP contribution in [0.15, 0.2) is 53.4 Å². The first kappa shape index (κ1) is 20.5. The van der Waals surface area contributed by atoms with Crippen LogP contribution < -0.4 is 10.0 Å². The van der Waals surface area contributed by atoms with Gasteiger partial charge in [0.1, 0.15) is 12.4 Å². The van der Waals surface area contributed by atoms with Gasteiger partial charge in [0.2, 0.25) is 10.0 Å². The number of esters is 1. The van der Waals surface area contributed by atoms with E-state index in [-0.39, 0.29) is 4.90 Å². The quantitative estimate of drug-likeness (QED) is 0.666. The van der Waals surface area contributed by atoms with Crippen LogP contribution in [0.1, 0.15) is 12.5 Å². The van der Waals surface area contributed by atoms with Crippen molar-refractivity contribution in [2.24, 2.45) is 0 Å². The summed E-state index contributed by atoms with van der Waals surface area (Å²) in [5.74, 6) is -2.05. The van der Waals surface area contributed by atoms with Crippen molar-refractivity contribution in [2.75, 3.05) is 18.5 Å². The lowest BCUT2D eigenvalue weighted by Crippen LogP contribution is -2.32. The van der Waals surface area contributed by atoms with Crippen molar-refractivity contribution in [1.29, 1.82) is 0 Å². The summed E-state index contributed by atoms with van der Waals surface area (Å²) < 4.78 is 43.5. The molecule has 0 bridgehead atoms. The summed E-state index contributed by atoms with van der Waals surface area (Å²) in [6, 6.07) is 11.3. The number of amides is 1. The lowest BCUT2D eigenvalue weighted by molar-refractivity contribution is -0.146. The fraction of sp³-hybridized carbons (Fsp3) is 0.222. The third-order valence-electron chi connectivity index (χ3n) is 3.54. The van der Waals surface area contributed by atoms with Gasteiger partial charge < -0.3 is 10.1 Å². The molecular weight excluding hydrogens is 375 g/mol. The molecule has 0 aliphatic rings. The molecule has 7 nitrogen and oxygen atoms in total. The molecule has 27 heavy (non-hydrogen) atoms. The molecule has 9 heteroatoms. The van der Waals surface area contributed by atoms with Crippen LogP contribution in [0.4, 0.5) is 10.1 Å². The minimum atomic E-state index is -3.98. The molecule has 0 saturated heterocycles. The third-order valence-corrected chi connectivity index (χ3v) is 4.96. The first-order valence-electron chi connectivity index (χ1n) is 8.10. The number of nitrogens with one attached hydrogen (secondary N) is 2. The van der Waals surface area contributed by atoms with E-state index in [4.69, 9.17) is 4.74 Å². The van der Waals surface area contributed by atoms with Gasteiger partial charge >= 0.3 is 5.97 Å². The highest BCUT2D eigenvalue weighted by molar-refractivity contribution is 7.89. The minimum Gasteiger partial charge on any atom is -0.455 e. The van der Waals surface area contributed by atoms with Gasteiger partial charge in [0.15, 0.2) is 6.61 Å². The zero-order chi connectivity index (χ0) is 19.9. The highest BCUT2D eigenvalue weighted by Crippen LogP contribution is 2.10. The normalized spacial score (nSPS) is 11.0. The molecule has 0 radical (unpaired) electrons. The van der Waals surface area contributed by atoms with Crippen molar-refractivity contribution >= 4 is 27.6 Å². The average Bonchev–Trinajstić information content (AvgIpc) is 2.66. The van der Waals surface area contributed by atoms with E-state index in [0.717, 1.165) is 36.2 Å². The molecule has 0 aliphatic heterocycles. The van der Waals surface area contributed by atoms with Crippen molar-refractivity contribution < 1.29 is 27.1 Å². The predicted octanol–water partition coefficient (Wildman–Crippen LogP) is 1.85. The number of rotatable bonds is 8. The van der Waals surface area contributed by atoms with Crippen LogP contribution in [-0.2, 0) is 30.8 Å². The molecule has 144 valence electrons. The Bertz CT molecular complexity index is 896. The molecule has 2 N–H and O–H groups in total. The molecule has 2 aromatic rings. The topological polar surface area (TPSA) is 102 Å². The van der Waals surface area contributed by atoms with E-state index >= 15 is 0 Å². The van der Waals surface area contributed by atoms with E-state index in [2.05, 4.69) is 5.32 Å². The van der Waals surface area contributed by atoms with E-state index < -0.39 is 40.9 Å². The molecule has 1 amide bonds. The van der Waals surface area contributed by atoms with Crippen LogP contribution in [0.25, 0.3) is 0 Å². The van der Waals surface area contributed by atoms with E-state index in [1.165, 1.54) is 0 Å². The number of carbonyl (C=O) groups excluding carboxylic acids is 2. The van der Waals surface area contributed by atoms with Crippen molar-refractivity contribution in [3.63, 3.8) is 0 Å². The number of ether oxygens (including phenoxy) is 1. The molecule has 0 spiro atoms. The lowest BCUT2D eigenvalue weighted by atomic mass is 10.1. The molecule has 2 aromatic carbocycles. The first-order chi connectivity index (χ1) is 12.8. The largest absolute Gasteiger partial charge is 0.455 e. The summed E-state index contributed by atoms with van der Waals surface area (Å²) in [6.45, 7) is 0.808. The summed E-state index contributed by atoms with van der Waals surface area (Å²) in [6.07, 6.45) is 0.875. The molecule has 0 unspecified atom stereocenters. The Balaban J connectivity index is 1.78. The predicted molar refractivity (Wildman–Crippen MR) is 97.0 cm³/mol. The fourth-order valence-electron chi connectivity index (χ4n) is 2.07. The van der Waals surface area contributed by atoms with Crippen molar-refractivity contribution in [1.82, 2.24) is 4.72 Å². The van der Waals surface area contributed by atoms with Crippen LogP contribution in [0, 0.1) is 5.82 Å². The maximum absolute atomic E-state index is 12.8. The molecule has 2 rings (SSSR count). The number of benzene rings is 2. The van der Waals surface area contributed by atoms with Crippen LogP contribution in [0.2, 0.25) is 0 Å². The van der Waals surface area contributed by atoms with Gasteiger partial charge in [0, 0.05) is 5.69 Å². The van der Waals surface area contributed by atoms with Crippen LogP contribution in [-0.4, -0.2) is 33.4 Å². The monoisotopic (exact) mass is 394 g/mol. The summed E-state index contributed by atoms with van der Waals surface area (Å²) in [5.41, 5.74) is 1.68. The van der Waals surface area contributed by atoms with Gasteiger partial charge in [-0.15, -0.1) is 0 Å². The maximum atomic E-state index is 12.8. The van der Waals surface area contributed by atoms with Crippen LogP contribution in [0.5, 0.6) is 0 Å². The minimum absolute atomic E-state index is 0.190. The number of carbonyl (C=O) groups is 2. The number of hydrogen-bond acceptors (Lipinski definition) is 5. The third kappa shape index (κ3) is 6.46. The van der Waals surface area contributed by atoms with Gasteiger partial charge in [0.25, 0.3) is 5.91 Å². The Labute approximate surface area is 156 Å². The molecule has 0 fully saturated rings. The molecule has 0 aromatic heterocycles. The number of anilines is 1. The lowest BCUT2D eigenvalue weighted by Gasteiger charge is -2.08. The smallest absolute Gasteiger partial charge is 0.321 e. The number of aryl methyl sites for hydroxylation is 1. The van der Waals surface area contributed by atoms with E-state index in [1.54, 1.807) is 12.1 Å². The summed E-state index contributed by atoms with van der Waals surface area (Å²) in [7, 11) is -3.98. The van der Waals surface area contributed by atoms with Gasteiger partial charge in [-0.3, -0.25) is 9.59 Å². The van der Waals surface area contributed by atoms with Gasteiger partial charge in [0.05, 0.1) is 4.90 Å². The highest BCUT2D eigenvalue weighted by Gasteiger charge is 2.16. The summed E-state index contributed by atoms with van der Waals surface area (Å²) >= 11 is 0. The number of hydrogen-bond donors (Lipinski definition) is 2. The van der Waals surface area contributed by atoms with E-state index in [0.29, 0.717) is 5.69 Å². The summed E-state index contributed by atoms with van der Waals surface area (Å²) in [5, 5.41) is 2.56. The van der Waals surface area contributed by atoms with E-state index in [1.807, 2.05) is 23.8 Å². The Morgan fingerprint density at radius 2 is 1.67 bits per heavy atom. The van der Waals surface area contributed by atoms with Crippen LogP contribution >= 0.6 is 0 Å². The SMILES string of the molecule is CCc1ccc(NC(=O)COC(=O)CNS(=O)(=O)c2ccc(F)cc2)cc1. The Kier molecular flexibility index (Phi) is 7.03. The molecule has 0 aliphatic carbocycles. The van der Waals surface area contributed by atoms with Gasteiger partial charge in [-0.2, -0.15) is 4.72 Å². The Hall–Kier alpha value is -2.78. The second-order valence-corrected chi connectivity index (χ2v) is 7.30. The first-order valence-corrected chi connectivity index (χ1v) is 9.58.